The fourth-order valence-corrected chi connectivity index (χ4v) is 3.63. The van der Waals surface area contributed by atoms with E-state index in [9.17, 15) is 14.4 Å². The van der Waals surface area contributed by atoms with Crippen molar-refractivity contribution < 1.29 is 14.3 Å². The Hall–Kier alpha value is -3.13. The molecular weight excluding hydrogens is 390 g/mol. The predicted octanol–water partition coefficient (Wildman–Crippen LogP) is 2.79. The maximum atomic E-state index is 13.2. The first-order valence-electron chi connectivity index (χ1n) is 9.03. The van der Waals surface area contributed by atoms with E-state index in [1.807, 2.05) is 32.0 Å². The standard InChI is InChI=1S/C21H21N3O4S/c1-13(2)22-18(25)12-29-21-23-17-11-14(20(27)28-3)9-10-16(17)19(26)24(21)15-7-5-4-6-8-15/h4-11,13H,12H2,1-3H3,(H,22,25). The first-order chi connectivity index (χ1) is 13.9. The Morgan fingerprint density at radius 3 is 2.55 bits per heavy atom. The number of amides is 1. The molecule has 150 valence electrons. The number of nitrogens with one attached hydrogen (secondary N) is 1. The number of nitrogens with zero attached hydrogens (tertiary/aromatic N) is 2. The van der Waals surface area contributed by atoms with Crippen LogP contribution in [0.4, 0.5) is 0 Å². The molecule has 7 nitrogen and oxygen atoms in total. The van der Waals surface area contributed by atoms with Crippen molar-refractivity contribution in [2.75, 3.05) is 12.9 Å². The molecule has 8 heteroatoms. The van der Waals surface area contributed by atoms with Gasteiger partial charge in [-0.05, 0) is 44.2 Å². The molecule has 0 saturated heterocycles. The Labute approximate surface area is 172 Å². The summed E-state index contributed by atoms with van der Waals surface area (Å²) in [5.74, 6) is -0.548. The largest absolute Gasteiger partial charge is 0.465 e. The molecule has 0 aliphatic rings. The second-order valence-corrected chi connectivity index (χ2v) is 7.55. The molecule has 0 atom stereocenters. The van der Waals surface area contributed by atoms with Gasteiger partial charge >= 0.3 is 5.97 Å². The summed E-state index contributed by atoms with van der Waals surface area (Å²) in [5.41, 5.74) is 1.05. The molecule has 1 amide bonds. The van der Waals surface area contributed by atoms with Gasteiger partial charge in [0, 0.05) is 6.04 Å². The van der Waals surface area contributed by atoms with E-state index in [4.69, 9.17) is 4.74 Å². The van der Waals surface area contributed by atoms with Crippen molar-refractivity contribution in [1.29, 1.82) is 0 Å². The van der Waals surface area contributed by atoms with Gasteiger partial charge in [-0.25, -0.2) is 9.78 Å². The number of benzene rings is 2. The van der Waals surface area contributed by atoms with Crippen LogP contribution >= 0.6 is 11.8 Å². The first kappa shape index (κ1) is 20.6. The topological polar surface area (TPSA) is 90.3 Å². The van der Waals surface area contributed by atoms with Crippen LogP contribution in [-0.4, -0.2) is 40.3 Å². The van der Waals surface area contributed by atoms with Gasteiger partial charge in [0.1, 0.15) is 0 Å². The van der Waals surface area contributed by atoms with Gasteiger partial charge in [-0.15, -0.1) is 0 Å². The lowest BCUT2D eigenvalue weighted by Gasteiger charge is -2.14. The number of thioether (sulfide) groups is 1. The average Bonchev–Trinajstić information content (AvgIpc) is 2.71. The summed E-state index contributed by atoms with van der Waals surface area (Å²) in [7, 11) is 1.29. The number of carbonyl (C=O) groups is 2. The van der Waals surface area contributed by atoms with E-state index in [0.717, 1.165) is 11.8 Å². The van der Waals surface area contributed by atoms with E-state index >= 15 is 0 Å². The summed E-state index contributed by atoms with van der Waals surface area (Å²) in [6.45, 7) is 3.76. The number of esters is 1. The third-order valence-electron chi connectivity index (χ3n) is 4.06. The lowest BCUT2D eigenvalue weighted by Crippen LogP contribution is -2.32. The van der Waals surface area contributed by atoms with Gasteiger partial charge in [-0.3, -0.25) is 14.2 Å². The number of aromatic nitrogens is 2. The van der Waals surface area contributed by atoms with Crippen LogP contribution in [-0.2, 0) is 9.53 Å². The number of hydrogen-bond acceptors (Lipinski definition) is 6. The Bertz CT molecular complexity index is 1110. The minimum atomic E-state index is -0.508. The molecule has 0 aliphatic heterocycles. The highest BCUT2D eigenvalue weighted by atomic mass is 32.2. The van der Waals surface area contributed by atoms with Crippen LogP contribution in [0.2, 0.25) is 0 Å². The molecule has 2 aromatic carbocycles. The van der Waals surface area contributed by atoms with Crippen LogP contribution in [0.15, 0.2) is 58.5 Å². The highest BCUT2D eigenvalue weighted by Crippen LogP contribution is 2.22. The van der Waals surface area contributed by atoms with Crippen molar-refractivity contribution in [3.8, 4) is 5.69 Å². The normalized spacial score (nSPS) is 10.9. The zero-order valence-electron chi connectivity index (χ0n) is 16.3. The molecule has 0 unspecified atom stereocenters. The van der Waals surface area contributed by atoms with Gasteiger partial charge < -0.3 is 10.1 Å². The van der Waals surface area contributed by atoms with E-state index in [-0.39, 0.29) is 23.3 Å². The molecule has 3 rings (SSSR count). The Balaban J connectivity index is 2.12. The average molecular weight is 411 g/mol. The van der Waals surface area contributed by atoms with Crippen molar-refractivity contribution in [3.05, 3.63) is 64.4 Å². The SMILES string of the molecule is COC(=O)c1ccc2c(=O)n(-c3ccccc3)c(SCC(=O)NC(C)C)nc2c1. The smallest absolute Gasteiger partial charge is 0.337 e. The quantitative estimate of drug-likeness (QED) is 0.381. The van der Waals surface area contributed by atoms with Crippen molar-refractivity contribution in [3.63, 3.8) is 0 Å². The maximum absolute atomic E-state index is 13.2. The molecule has 0 bridgehead atoms. The summed E-state index contributed by atoms with van der Waals surface area (Å²) in [6.07, 6.45) is 0. The molecule has 1 aromatic heterocycles. The van der Waals surface area contributed by atoms with Crippen LogP contribution in [0.1, 0.15) is 24.2 Å². The summed E-state index contributed by atoms with van der Waals surface area (Å²) in [6, 6.07) is 13.8. The molecule has 0 aliphatic carbocycles. The van der Waals surface area contributed by atoms with E-state index in [0.29, 0.717) is 27.3 Å². The molecule has 0 radical (unpaired) electrons. The third kappa shape index (κ3) is 4.65. The lowest BCUT2D eigenvalue weighted by atomic mass is 10.1. The van der Waals surface area contributed by atoms with Gasteiger partial charge in [0.2, 0.25) is 5.91 Å². The summed E-state index contributed by atoms with van der Waals surface area (Å²) < 4.78 is 6.23. The Morgan fingerprint density at radius 1 is 1.17 bits per heavy atom. The molecule has 0 fully saturated rings. The second kappa shape index (κ2) is 8.91. The highest BCUT2D eigenvalue weighted by Gasteiger charge is 2.16. The van der Waals surface area contributed by atoms with Crippen LogP contribution < -0.4 is 10.9 Å². The number of carbonyl (C=O) groups excluding carboxylic acids is 2. The van der Waals surface area contributed by atoms with Gasteiger partial charge in [0.05, 0.1) is 35.0 Å². The second-order valence-electron chi connectivity index (χ2n) is 6.60. The van der Waals surface area contributed by atoms with Crippen LogP contribution in [0, 0.1) is 0 Å². The zero-order chi connectivity index (χ0) is 21.0. The number of hydrogen-bond donors (Lipinski definition) is 1. The van der Waals surface area contributed by atoms with Crippen molar-refractivity contribution in [2.45, 2.75) is 25.0 Å². The highest BCUT2D eigenvalue weighted by molar-refractivity contribution is 7.99. The maximum Gasteiger partial charge on any atom is 0.337 e. The van der Waals surface area contributed by atoms with Crippen molar-refractivity contribution >= 4 is 34.5 Å². The number of ether oxygens (including phenoxy) is 1. The van der Waals surface area contributed by atoms with Gasteiger partial charge in [0.25, 0.3) is 5.56 Å². The molecule has 3 aromatic rings. The van der Waals surface area contributed by atoms with Gasteiger partial charge in [0.15, 0.2) is 5.16 Å². The first-order valence-corrected chi connectivity index (χ1v) is 10.0. The predicted molar refractivity (Wildman–Crippen MR) is 113 cm³/mol. The van der Waals surface area contributed by atoms with Gasteiger partial charge in [-0.1, -0.05) is 30.0 Å². The number of methoxy groups -OCH3 is 1. The van der Waals surface area contributed by atoms with Crippen LogP contribution in [0.3, 0.4) is 0 Å². The van der Waals surface area contributed by atoms with E-state index < -0.39 is 5.97 Å². The van der Waals surface area contributed by atoms with Crippen molar-refractivity contribution in [2.24, 2.45) is 0 Å². The van der Waals surface area contributed by atoms with E-state index in [2.05, 4.69) is 10.3 Å². The molecule has 0 spiro atoms. The monoisotopic (exact) mass is 411 g/mol. The molecule has 29 heavy (non-hydrogen) atoms. The fourth-order valence-electron chi connectivity index (χ4n) is 2.81. The van der Waals surface area contributed by atoms with Crippen LogP contribution in [0.5, 0.6) is 0 Å². The number of rotatable bonds is 6. The molecular formula is C21H21N3O4S. The van der Waals surface area contributed by atoms with Crippen molar-refractivity contribution in [1.82, 2.24) is 14.9 Å². The fraction of sp³-hybridized carbons (Fsp3) is 0.238. The lowest BCUT2D eigenvalue weighted by molar-refractivity contribution is -0.119. The molecule has 1 heterocycles. The molecule has 0 saturated carbocycles. The van der Waals surface area contributed by atoms with Gasteiger partial charge in [-0.2, -0.15) is 0 Å². The third-order valence-corrected chi connectivity index (χ3v) is 4.99. The molecule has 1 N–H and O–H groups in total. The van der Waals surface area contributed by atoms with Crippen LogP contribution in [0.25, 0.3) is 16.6 Å². The van der Waals surface area contributed by atoms with E-state index in [1.54, 1.807) is 18.2 Å². The number of fused-ring (bicyclic) bond motifs is 1. The minimum Gasteiger partial charge on any atom is -0.465 e. The van der Waals surface area contributed by atoms with E-state index in [1.165, 1.54) is 23.8 Å². The Kier molecular flexibility index (Phi) is 6.33. The summed E-state index contributed by atoms with van der Waals surface area (Å²) in [5, 5.41) is 3.56. The minimum absolute atomic E-state index is 0.0200. The Morgan fingerprint density at radius 2 is 1.90 bits per heavy atom. The number of para-hydroxylation sites is 1. The zero-order valence-corrected chi connectivity index (χ0v) is 17.2. The summed E-state index contributed by atoms with van der Waals surface area (Å²) in [4.78, 5) is 41.7. The summed E-state index contributed by atoms with van der Waals surface area (Å²) >= 11 is 1.16.